The summed E-state index contributed by atoms with van der Waals surface area (Å²) in [6, 6.07) is 11.5. The summed E-state index contributed by atoms with van der Waals surface area (Å²) in [4.78, 5) is 12.0. The lowest BCUT2D eigenvalue weighted by molar-refractivity contribution is -0.120. The smallest absolute Gasteiger partial charge is 0.247 e. The van der Waals surface area contributed by atoms with Crippen LogP contribution in [0.1, 0.15) is 42.3 Å². The first-order valence-corrected chi connectivity index (χ1v) is 12.2. The number of aromatic nitrogens is 2. The third kappa shape index (κ3) is 7.83. The number of nitrogens with one attached hydrogen (secondary N) is 1. The van der Waals surface area contributed by atoms with E-state index in [-0.39, 0.29) is 18.9 Å². The molecule has 3 N–H and O–H groups in total. The predicted octanol–water partition coefficient (Wildman–Crippen LogP) is 4.45. The molecule has 2 aromatic carbocycles. The van der Waals surface area contributed by atoms with Crippen LogP contribution in [-0.2, 0) is 11.2 Å². The van der Waals surface area contributed by atoms with E-state index in [0.29, 0.717) is 44.7 Å². The van der Waals surface area contributed by atoms with E-state index in [2.05, 4.69) is 46.7 Å². The Labute approximate surface area is 213 Å². The Morgan fingerprint density at radius 2 is 1.97 bits per heavy atom. The molecule has 0 aliphatic carbocycles. The molecule has 0 spiro atoms. The van der Waals surface area contributed by atoms with Crippen LogP contribution < -0.4 is 25.4 Å². The number of methoxy groups -OCH3 is 1. The first-order chi connectivity index (χ1) is 16.9. The molecule has 186 valence electrons. The summed E-state index contributed by atoms with van der Waals surface area (Å²) in [7, 11) is 1.52. The molecule has 1 aromatic heterocycles. The third-order valence-electron chi connectivity index (χ3n) is 5.11. The van der Waals surface area contributed by atoms with Crippen LogP contribution >= 0.6 is 22.9 Å². The molecule has 0 bridgehead atoms. The standard InChI is InChI=1S/C24H28ClN5O4S/c1-4-15(2)17-5-7-18(8-6-17)33-9-10-34-23-19(25)11-16(12-20(23)32-3)14-27-28-21(31)13-22-29-30-24(26)35-22/h5-8,11-12,14-15H,4,9-10,13H2,1-3H3,(H2,26,30)(H,28,31)/b27-14+. The van der Waals surface area contributed by atoms with Crippen molar-refractivity contribution in [1.29, 1.82) is 0 Å². The normalized spacial score (nSPS) is 11.9. The van der Waals surface area contributed by atoms with Gasteiger partial charge in [-0.05, 0) is 47.7 Å². The fourth-order valence-corrected chi connectivity index (χ4v) is 3.96. The summed E-state index contributed by atoms with van der Waals surface area (Å²) < 4.78 is 17.0. The van der Waals surface area contributed by atoms with Crippen LogP contribution in [0.15, 0.2) is 41.5 Å². The van der Waals surface area contributed by atoms with Crippen molar-refractivity contribution < 1.29 is 19.0 Å². The molecule has 1 heterocycles. The number of hydrazone groups is 1. The molecule has 1 atom stereocenters. The molecule has 11 heteroatoms. The number of anilines is 1. The highest BCUT2D eigenvalue weighted by atomic mass is 35.5. The monoisotopic (exact) mass is 517 g/mol. The number of carbonyl (C=O) groups is 1. The Morgan fingerprint density at radius 1 is 1.23 bits per heavy atom. The molecule has 0 aliphatic heterocycles. The van der Waals surface area contributed by atoms with Crippen molar-refractivity contribution in [2.75, 3.05) is 26.1 Å². The lowest BCUT2D eigenvalue weighted by Gasteiger charge is -2.14. The zero-order valence-electron chi connectivity index (χ0n) is 19.8. The molecular formula is C24H28ClN5O4S. The number of carbonyl (C=O) groups excluding carboxylic acids is 1. The minimum atomic E-state index is -0.343. The van der Waals surface area contributed by atoms with Gasteiger partial charge in [0, 0.05) is 0 Å². The van der Waals surface area contributed by atoms with Gasteiger partial charge in [0.15, 0.2) is 11.5 Å². The van der Waals surface area contributed by atoms with Crippen LogP contribution in [0.4, 0.5) is 5.13 Å². The fourth-order valence-electron chi connectivity index (χ4n) is 3.08. The molecule has 1 amide bonds. The van der Waals surface area contributed by atoms with Crippen molar-refractivity contribution in [3.63, 3.8) is 0 Å². The minimum absolute atomic E-state index is 0.0349. The Hall–Kier alpha value is -3.37. The first-order valence-electron chi connectivity index (χ1n) is 11.0. The number of benzene rings is 2. The summed E-state index contributed by atoms with van der Waals surface area (Å²) in [6.45, 7) is 5.00. The highest BCUT2D eigenvalue weighted by molar-refractivity contribution is 7.15. The molecular weight excluding hydrogens is 490 g/mol. The SMILES string of the molecule is CCC(C)c1ccc(OCCOc2c(Cl)cc(/C=N/NC(=O)Cc3nnc(N)s3)cc2OC)cc1. The van der Waals surface area contributed by atoms with Crippen LogP contribution in [0.5, 0.6) is 17.2 Å². The van der Waals surface area contributed by atoms with Crippen molar-refractivity contribution in [2.24, 2.45) is 5.10 Å². The lowest BCUT2D eigenvalue weighted by Crippen LogP contribution is -2.19. The quantitative estimate of drug-likeness (QED) is 0.207. The summed E-state index contributed by atoms with van der Waals surface area (Å²) in [5, 5.41) is 12.6. The van der Waals surface area contributed by atoms with E-state index in [4.69, 9.17) is 31.5 Å². The molecule has 1 unspecified atom stereocenters. The number of hydrogen-bond donors (Lipinski definition) is 2. The summed E-state index contributed by atoms with van der Waals surface area (Å²) in [5.41, 5.74) is 9.85. The van der Waals surface area contributed by atoms with Crippen LogP contribution in [0, 0.1) is 0 Å². The minimum Gasteiger partial charge on any atom is -0.493 e. The van der Waals surface area contributed by atoms with Crippen LogP contribution in [-0.4, -0.2) is 42.6 Å². The Balaban J connectivity index is 1.51. The van der Waals surface area contributed by atoms with Crippen LogP contribution in [0.25, 0.3) is 0 Å². The Bertz CT molecular complexity index is 1150. The van der Waals surface area contributed by atoms with E-state index in [0.717, 1.165) is 23.5 Å². The van der Waals surface area contributed by atoms with E-state index in [1.807, 2.05) is 12.1 Å². The number of nitrogens with zero attached hydrogens (tertiary/aromatic N) is 3. The molecule has 9 nitrogen and oxygen atoms in total. The maximum atomic E-state index is 12.0. The van der Waals surface area contributed by atoms with Gasteiger partial charge in [0.05, 0.1) is 24.8 Å². The molecule has 0 aliphatic rings. The van der Waals surface area contributed by atoms with Gasteiger partial charge in [-0.2, -0.15) is 5.10 Å². The van der Waals surface area contributed by atoms with E-state index in [9.17, 15) is 4.79 Å². The van der Waals surface area contributed by atoms with Crippen molar-refractivity contribution in [3.05, 3.63) is 57.6 Å². The number of nitrogen functional groups attached to an aromatic ring is 1. The Morgan fingerprint density at radius 3 is 2.63 bits per heavy atom. The average molecular weight is 518 g/mol. The molecule has 3 aromatic rings. The van der Waals surface area contributed by atoms with Gasteiger partial charge < -0.3 is 19.9 Å². The summed E-state index contributed by atoms with van der Waals surface area (Å²) in [5.74, 6) is 1.80. The van der Waals surface area contributed by atoms with Gasteiger partial charge in [-0.15, -0.1) is 10.2 Å². The summed E-state index contributed by atoms with van der Waals surface area (Å²) in [6.07, 6.45) is 2.58. The fraction of sp³-hybridized carbons (Fsp3) is 0.333. The average Bonchev–Trinajstić information content (AvgIpc) is 3.26. The van der Waals surface area contributed by atoms with E-state index in [1.54, 1.807) is 12.1 Å². The zero-order valence-corrected chi connectivity index (χ0v) is 21.4. The number of amides is 1. The second-order valence-corrected chi connectivity index (χ2v) is 9.11. The zero-order chi connectivity index (χ0) is 25.2. The maximum absolute atomic E-state index is 12.0. The maximum Gasteiger partial charge on any atom is 0.247 e. The molecule has 0 radical (unpaired) electrons. The van der Waals surface area contributed by atoms with E-state index in [1.165, 1.54) is 18.9 Å². The number of nitrogens with two attached hydrogens (primary N) is 1. The number of rotatable bonds is 12. The van der Waals surface area contributed by atoms with Crippen molar-refractivity contribution >= 4 is 40.2 Å². The molecule has 0 saturated heterocycles. The molecule has 0 saturated carbocycles. The molecule has 0 fully saturated rings. The Kier molecular flexibility index (Phi) is 9.68. The van der Waals surface area contributed by atoms with E-state index >= 15 is 0 Å². The largest absolute Gasteiger partial charge is 0.493 e. The molecule has 3 rings (SSSR count). The predicted molar refractivity (Wildman–Crippen MR) is 138 cm³/mol. The number of hydrogen-bond acceptors (Lipinski definition) is 9. The van der Waals surface area contributed by atoms with Crippen molar-refractivity contribution in [2.45, 2.75) is 32.6 Å². The van der Waals surface area contributed by atoms with Crippen molar-refractivity contribution in [1.82, 2.24) is 15.6 Å². The molecule has 35 heavy (non-hydrogen) atoms. The van der Waals surface area contributed by atoms with Gasteiger partial charge in [0.1, 0.15) is 24.0 Å². The van der Waals surface area contributed by atoms with Gasteiger partial charge in [0.2, 0.25) is 11.0 Å². The van der Waals surface area contributed by atoms with Gasteiger partial charge in [-0.25, -0.2) is 5.43 Å². The number of halogens is 1. The van der Waals surface area contributed by atoms with Gasteiger partial charge >= 0.3 is 0 Å². The first kappa shape index (κ1) is 26.2. The van der Waals surface area contributed by atoms with Crippen LogP contribution in [0.3, 0.4) is 0 Å². The number of ether oxygens (including phenoxy) is 3. The van der Waals surface area contributed by atoms with E-state index < -0.39 is 0 Å². The topological polar surface area (TPSA) is 121 Å². The highest BCUT2D eigenvalue weighted by Crippen LogP contribution is 2.36. The highest BCUT2D eigenvalue weighted by Gasteiger charge is 2.12. The van der Waals surface area contributed by atoms with Gasteiger partial charge in [0.25, 0.3) is 0 Å². The second kappa shape index (κ2) is 12.9. The lowest BCUT2D eigenvalue weighted by atomic mass is 9.99. The third-order valence-corrected chi connectivity index (χ3v) is 6.14. The van der Waals surface area contributed by atoms with Gasteiger partial charge in [-0.1, -0.05) is 48.9 Å². The van der Waals surface area contributed by atoms with Gasteiger partial charge in [-0.3, -0.25) is 4.79 Å². The van der Waals surface area contributed by atoms with Crippen molar-refractivity contribution in [3.8, 4) is 17.2 Å². The summed E-state index contributed by atoms with van der Waals surface area (Å²) >= 11 is 7.55. The second-order valence-electron chi connectivity index (χ2n) is 7.61. The van der Waals surface area contributed by atoms with Crippen LogP contribution in [0.2, 0.25) is 5.02 Å².